The number of aliphatic carboxylic acids is 1. The van der Waals surface area contributed by atoms with Crippen LogP contribution in [-0.2, 0) is 14.4 Å². The molecule has 1 rings (SSSR count). The summed E-state index contributed by atoms with van der Waals surface area (Å²) in [7, 11) is 0. The quantitative estimate of drug-likeness (QED) is 0.782. The molecule has 2 atom stereocenters. The molecule has 2 N–H and O–H groups in total. The molecule has 0 spiro atoms. The molecule has 0 radical (unpaired) electrons. The highest BCUT2D eigenvalue weighted by Gasteiger charge is 2.28. The lowest BCUT2D eigenvalue weighted by atomic mass is 9.91. The lowest BCUT2D eigenvalue weighted by Gasteiger charge is -2.34. The normalized spacial score (nSPS) is 20.0. The Hall–Kier alpha value is -1.59. The lowest BCUT2D eigenvalue weighted by molar-refractivity contribution is -0.138. The zero-order valence-electron chi connectivity index (χ0n) is 14.7. The maximum atomic E-state index is 12.5. The third-order valence-corrected chi connectivity index (χ3v) is 4.04. The van der Waals surface area contributed by atoms with E-state index in [0.717, 1.165) is 12.8 Å². The van der Waals surface area contributed by atoms with Crippen molar-refractivity contribution >= 4 is 17.8 Å². The van der Waals surface area contributed by atoms with Gasteiger partial charge in [0.15, 0.2) is 0 Å². The van der Waals surface area contributed by atoms with Crippen molar-refractivity contribution < 1.29 is 19.5 Å². The van der Waals surface area contributed by atoms with Crippen molar-refractivity contribution in [2.24, 2.45) is 11.3 Å². The summed E-state index contributed by atoms with van der Waals surface area (Å²) in [6.45, 7) is 8.93. The second-order valence-electron chi connectivity index (χ2n) is 7.75. The Labute approximate surface area is 138 Å². The van der Waals surface area contributed by atoms with Gasteiger partial charge in [0.05, 0.1) is 0 Å². The fourth-order valence-corrected chi connectivity index (χ4v) is 2.94. The first-order valence-corrected chi connectivity index (χ1v) is 8.38. The third-order valence-electron chi connectivity index (χ3n) is 4.04. The van der Waals surface area contributed by atoms with Crippen molar-refractivity contribution in [2.75, 3.05) is 13.1 Å². The molecule has 0 aromatic heterocycles. The van der Waals surface area contributed by atoms with Crippen LogP contribution in [-0.4, -0.2) is 46.9 Å². The first-order chi connectivity index (χ1) is 10.6. The van der Waals surface area contributed by atoms with Crippen molar-refractivity contribution in [1.29, 1.82) is 0 Å². The summed E-state index contributed by atoms with van der Waals surface area (Å²) >= 11 is 0. The molecule has 0 bridgehead atoms. The van der Waals surface area contributed by atoms with Crippen molar-refractivity contribution in [1.82, 2.24) is 10.2 Å². The van der Waals surface area contributed by atoms with E-state index in [9.17, 15) is 14.4 Å². The summed E-state index contributed by atoms with van der Waals surface area (Å²) in [4.78, 5) is 36.9. The molecule has 132 valence electrons. The maximum Gasteiger partial charge on any atom is 0.303 e. The summed E-state index contributed by atoms with van der Waals surface area (Å²) in [5, 5.41) is 11.5. The van der Waals surface area contributed by atoms with E-state index < -0.39 is 12.0 Å². The highest BCUT2D eigenvalue weighted by Crippen LogP contribution is 2.22. The molecule has 6 nitrogen and oxygen atoms in total. The fourth-order valence-electron chi connectivity index (χ4n) is 2.94. The van der Waals surface area contributed by atoms with Gasteiger partial charge in [0.25, 0.3) is 0 Å². The first kappa shape index (κ1) is 19.5. The highest BCUT2D eigenvalue weighted by atomic mass is 16.4. The highest BCUT2D eigenvalue weighted by molar-refractivity contribution is 5.87. The number of carbonyl (C=O) groups is 3. The summed E-state index contributed by atoms with van der Waals surface area (Å²) in [6.07, 6.45) is 2.97. The third kappa shape index (κ3) is 7.48. The molecule has 0 aromatic carbocycles. The Morgan fingerprint density at radius 1 is 1.30 bits per heavy atom. The number of hydrogen-bond donors (Lipinski definition) is 2. The average molecular weight is 326 g/mol. The number of rotatable bonds is 6. The van der Waals surface area contributed by atoms with Gasteiger partial charge in [0, 0.05) is 25.9 Å². The summed E-state index contributed by atoms with van der Waals surface area (Å²) in [5.74, 6) is -0.748. The average Bonchev–Trinajstić information content (AvgIpc) is 2.42. The standard InChI is InChI=1S/C17H30N2O4/c1-12(18-14(20)10-17(2,3)4)16(23)19-9-5-6-13(11-19)7-8-15(21)22/h12-13H,5-11H2,1-4H3,(H,18,20)(H,21,22). The predicted octanol–water partition coefficient (Wildman–Crippen LogP) is 2.03. The molecule has 23 heavy (non-hydrogen) atoms. The Kier molecular flexibility index (Phi) is 7.03. The minimum absolute atomic E-state index is 0.0766. The van der Waals surface area contributed by atoms with Crippen LogP contribution in [0.5, 0.6) is 0 Å². The van der Waals surface area contributed by atoms with Gasteiger partial charge < -0.3 is 15.3 Å². The second kappa shape index (κ2) is 8.31. The topological polar surface area (TPSA) is 86.7 Å². The number of nitrogens with one attached hydrogen (secondary N) is 1. The van der Waals surface area contributed by atoms with E-state index in [4.69, 9.17) is 5.11 Å². The van der Waals surface area contributed by atoms with Crippen LogP contribution in [0.3, 0.4) is 0 Å². The predicted molar refractivity (Wildman–Crippen MR) is 87.9 cm³/mol. The van der Waals surface area contributed by atoms with Gasteiger partial charge in [-0.25, -0.2) is 0 Å². The number of piperidine rings is 1. The summed E-state index contributed by atoms with van der Waals surface area (Å²) in [5.41, 5.74) is -0.111. The minimum atomic E-state index is -0.795. The molecule has 1 aliphatic rings. The van der Waals surface area contributed by atoms with Crippen LogP contribution < -0.4 is 5.32 Å². The monoisotopic (exact) mass is 326 g/mol. The zero-order valence-corrected chi connectivity index (χ0v) is 14.7. The number of carboxylic acid groups (broad SMARTS) is 1. The van der Waals surface area contributed by atoms with Crippen LogP contribution in [0.25, 0.3) is 0 Å². The molecule has 0 aliphatic carbocycles. The molecule has 1 heterocycles. The fraction of sp³-hybridized carbons (Fsp3) is 0.824. The molecule has 2 unspecified atom stereocenters. The SMILES string of the molecule is CC(NC(=O)CC(C)(C)C)C(=O)N1CCCC(CCC(=O)O)C1. The van der Waals surface area contributed by atoms with Crippen LogP contribution in [0, 0.1) is 11.3 Å². The van der Waals surface area contributed by atoms with Crippen LogP contribution in [0.2, 0.25) is 0 Å². The summed E-state index contributed by atoms with van der Waals surface area (Å²) < 4.78 is 0. The molecule has 2 amide bonds. The number of amides is 2. The number of carbonyl (C=O) groups excluding carboxylic acids is 2. The Balaban J connectivity index is 2.48. The van der Waals surface area contributed by atoms with Crippen molar-refractivity contribution in [3.05, 3.63) is 0 Å². The van der Waals surface area contributed by atoms with E-state index in [1.54, 1.807) is 11.8 Å². The van der Waals surface area contributed by atoms with E-state index in [1.165, 1.54) is 0 Å². The maximum absolute atomic E-state index is 12.5. The number of hydrogen-bond acceptors (Lipinski definition) is 3. The van der Waals surface area contributed by atoms with Crippen LogP contribution in [0.1, 0.15) is 59.8 Å². The molecule has 1 fully saturated rings. The van der Waals surface area contributed by atoms with Gasteiger partial charge in [0.1, 0.15) is 6.04 Å². The van der Waals surface area contributed by atoms with Gasteiger partial charge >= 0.3 is 5.97 Å². The number of nitrogens with zero attached hydrogens (tertiary/aromatic N) is 1. The van der Waals surface area contributed by atoms with Gasteiger partial charge in [-0.05, 0) is 37.5 Å². The largest absolute Gasteiger partial charge is 0.481 e. The Bertz CT molecular complexity index is 442. The minimum Gasteiger partial charge on any atom is -0.481 e. The van der Waals surface area contributed by atoms with Gasteiger partial charge in [-0.3, -0.25) is 14.4 Å². The van der Waals surface area contributed by atoms with Crippen molar-refractivity contribution in [3.63, 3.8) is 0 Å². The van der Waals surface area contributed by atoms with Crippen LogP contribution in [0.4, 0.5) is 0 Å². The van der Waals surface area contributed by atoms with E-state index >= 15 is 0 Å². The summed E-state index contributed by atoms with van der Waals surface area (Å²) in [6, 6.07) is -0.539. The number of carboxylic acids is 1. The van der Waals surface area contributed by atoms with E-state index in [1.807, 2.05) is 20.8 Å². The Morgan fingerprint density at radius 3 is 2.52 bits per heavy atom. The molecule has 1 saturated heterocycles. The molecule has 1 aliphatic heterocycles. The van der Waals surface area contributed by atoms with Gasteiger partial charge in [-0.1, -0.05) is 20.8 Å². The second-order valence-corrected chi connectivity index (χ2v) is 7.75. The smallest absolute Gasteiger partial charge is 0.303 e. The van der Waals surface area contributed by atoms with Crippen LogP contribution >= 0.6 is 0 Å². The molecule has 6 heteroatoms. The van der Waals surface area contributed by atoms with Crippen molar-refractivity contribution in [2.45, 2.75) is 65.8 Å². The first-order valence-electron chi connectivity index (χ1n) is 8.38. The van der Waals surface area contributed by atoms with Gasteiger partial charge in [-0.15, -0.1) is 0 Å². The van der Waals surface area contributed by atoms with E-state index in [0.29, 0.717) is 25.9 Å². The molecular formula is C17H30N2O4. The molecule has 0 aromatic rings. The number of likely N-dealkylation sites (tertiary alicyclic amines) is 1. The lowest BCUT2D eigenvalue weighted by Crippen LogP contribution is -2.50. The van der Waals surface area contributed by atoms with Crippen molar-refractivity contribution in [3.8, 4) is 0 Å². The molecular weight excluding hydrogens is 296 g/mol. The van der Waals surface area contributed by atoms with E-state index in [2.05, 4.69) is 5.32 Å². The zero-order chi connectivity index (χ0) is 17.6. The van der Waals surface area contributed by atoms with Gasteiger partial charge in [-0.2, -0.15) is 0 Å². The van der Waals surface area contributed by atoms with Gasteiger partial charge in [0.2, 0.25) is 11.8 Å². The molecule has 0 saturated carbocycles. The Morgan fingerprint density at radius 2 is 1.96 bits per heavy atom. The van der Waals surface area contributed by atoms with Crippen LogP contribution in [0.15, 0.2) is 0 Å². The van der Waals surface area contributed by atoms with E-state index in [-0.39, 0.29) is 29.6 Å².